The van der Waals surface area contributed by atoms with Gasteiger partial charge in [-0.15, -0.1) is 0 Å². The largest absolute Gasteiger partial charge is 0.450 e. The summed E-state index contributed by atoms with van der Waals surface area (Å²) in [5.41, 5.74) is -0.0698. The van der Waals surface area contributed by atoms with Crippen molar-refractivity contribution < 1.29 is 19.6 Å². The monoisotopic (exact) mass is 325 g/mol. The van der Waals surface area contributed by atoms with E-state index in [-0.39, 0.29) is 30.1 Å². The molecule has 0 saturated heterocycles. The van der Waals surface area contributed by atoms with Gasteiger partial charge in [0.15, 0.2) is 0 Å². The molecule has 1 unspecified atom stereocenters. The van der Waals surface area contributed by atoms with Gasteiger partial charge < -0.3 is 15.2 Å². The number of nitrogens with zero attached hydrogens (tertiary/aromatic N) is 1. The number of aliphatic hydroxyl groups is 1. The van der Waals surface area contributed by atoms with Crippen molar-refractivity contribution in [3.05, 3.63) is 33.9 Å². The SMILES string of the molecule is CCOC(=O)Nc1ccc(C(O)CNC(C)(C)C)cc1[N+](=O)[O-]. The fraction of sp³-hybridized carbons (Fsp3) is 0.533. The summed E-state index contributed by atoms with van der Waals surface area (Å²) in [4.78, 5) is 22.0. The Kier molecular flexibility index (Phi) is 6.47. The summed E-state index contributed by atoms with van der Waals surface area (Å²) in [6.07, 6.45) is -1.66. The molecule has 8 heteroatoms. The number of rotatable bonds is 6. The molecule has 0 aliphatic rings. The molecule has 8 nitrogen and oxygen atoms in total. The van der Waals surface area contributed by atoms with Gasteiger partial charge in [-0.3, -0.25) is 15.4 Å². The molecule has 1 aromatic carbocycles. The van der Waals surface area contributed by atoms with Crippen LogP contribution in [0.3, 0.4) is 0 Å². The summed E-state index contributed by atoms with van der Waals surface area (Å²) < 4.78 is 4.70. The van der Waals surface area contributed by atoms with Gasteiger partial charge in [0.1, 0.15) is 5.69 Å². The summed E-state index contributed by atoms with van der Waals surface area (Å²) in [5, 5.41) is 26.8. The number of aliphatic hydroxyl groups excluding tert-OH is 1. The molecule has 0 saturated carbocycles. The van der Waals surface area contributed by atoms with Crippen LogP contribution in [0.15, 0.2) is 18.2 Å². The predicted molar refractivity (Wildman–Crippen MR) is 86.5 cm³/mol. The molecular formula is C15H23N3O5. The lowest BCUT2D eigenvalue weighted by molar-refractivity contribution is -0.384. The zero-order chi connectivity index (χ0) is 17.6. The number of carbonyl (C=O) groups excluding carboxylic acids is 1. The molecule has 0 bridgehead atoms. The van der Waals surface area contributed by atoms with Crippen LogP contribution < -0.4 is 10.6 Å². The fourth-order valence-electron chi connectivity index (χ4n) is 1.81. The molecule has 0 aromatic heterocycles. The molecule has 1 aromatic rings. The first-order chi connectivity index (χ1) is 10.6. The molecule has 23 heavy (non-hydrogen) atoms. The zero-order valence-electron chi connectivity index (χ0n) is 13.8. The van der Waals surface area contributed by atoms with E-state index < -0.39 is 17.1 Å². The first-order valence-corrected chi connectivity index (χ1v) is 7.29. The molecule has 1 rings (SSSR count). The minimum absolute atomic E-state index is 0.0215. The topological polar surface area (TPSA) is 114 Å². The van der Waals surface area contributed by atoms with E-state index in [0.29, 0.717) is 5.56 Å². The van der Waals surface area contributed by atoms with E-state index in [1.54, 1.807) is 6.92 Å². The van der Waals surface area contributed by atoms with Gasteiger partial charge in [-0.1, -0.05) is 6.07 Å². The lowest BCUT2D eigenvalue weighted by Crippen LogP contribution is -2.38. The van der Waals surface area contributed by atoms with Gasteiger partial charge in [0.25, 0.3) is 5.69 Å². The Hall–Kier alpha value is -2.19. The van der Waals surface area contributed by atoms with Crippen molar-refractivity contribution in [1.82, 2.24) is 5.32 Å². The normalized spacial score (nSPS) is 12.6. The van der Waals surface area contributed by atoms with Crippen LogP contribution in [-0.4, -0.2) is 34.8 Å². The maximum Gasteiger partial charge on any atom is 0.411 e. The smallest absolute Gasteiger partial charge is 0.411 e. The van der Waals surface area contributed by atoms with E-state index in [9.17, 15) is 20.0 Å². The maximum atomic E-state index is 11.4. The zero-order valence-corrected chi connectivity index (χ0v) is 13.8. The van der Waals surface area contributed by atoms with Crippen molar-refractivity contribution in [2.24, 2.45) is 0 Å². The van der Waals surface area contributed by atoms with Crippen LogP contribution in [0, 0.1) is 10.1 Å². The second-order valence-electron chi connectivity index (χ2n) is 6.03. The Bertz CT molecular complexity index is 569. The number of carbonyl (C=O) groups is 1. The average Bonchev–Trinajstić information content (AvgIpc) is 2.44. The number of nitro groups is 1. The van der Waals surface area contributed by atoms with Gasteiger partial charge in [0.2, 0.25) is 0 Å². The average molecular weight is 325 g/mol. The first kappa shape index (κ1) is 18.9. The van der Waals surface area contributed by atoms with Crippen LogP contribution in [0.4, 0.5) is 16.2 Å². The third-order valence-electron chi connectivity index (χ3n) is 2.94. The first-order valence-electron chi connectivity index (χ1n) is 7.29. The second kappa shape index (κ2) is 7.89. The lowest BCUT2D eigenvalue weighted by atomic mass is 10.0. The number of nitro benzene ring substituents is 1. The van der Waals surface area contributed by atoms with Gasteiger partial charge >= 0.3 is 6.09 Å². The van der Waals surface area contributed by atoms with E-state index >= 15 is 0 Å². The Morgan fingerprint density at radius 2 is 2.09 bits per heavy atom. The number of hydrogen-bond donors (Lipinski definition) is 3. The lowest BCUT2D eigenvalue weighted by Gasteiger charge is -2.23. The van der Waals surface area contributed by atoms with Crippen molar-refractivity contribution in [2.75, 3.05) is 18.5 Å². The summed E-state index contributed by atoms with van der Waals surface area (Å²) >= 11 is 0. The summed E-state index contributed by atoms with van der Waals surface area (Å²) in [6.45, 7) is 7.91. The maximum absolute atomic E-state index is 11.4. The number of ether oxygens (including phenoxy) is 1. The molecule has 0 aliphatic carbocycles. The molecule has 0 fully saturated rings. The van der Waals surface area contributed by atoms with Crippen LogP contribution in [0.25, 0.3) is 0 Å². The Balaban J connectivity index is 2.94. The van der Waals surface area contributed by atoms with Crippen molar-refractivity contribution in [3.8, 4) is 0 Å². The van der Waals surface area contributed by atoms with Gasteiger partial charge in [-0.25, -0.2) is 4.79 Å². The van der Waals surface area contributed by atoms with Crippen molar-refractivity contribution in [2.45, 2.75) is 39.3 Å². The number of benzene rings is 1. The Morgan fingerprint density at radius 1 is 1.43 bits per heavy atom. The molecule has 0 aliphatic heterocycles. The van der Waals surface area contributed by atoms with Gasteiger partial charge in [0, 0.05) is 18.2 Å². The van der Waals surface area contributed by atoms with E-state index in [2.05, 4.69) is 10.6 Å². The van der Waals surface area contributed by atoms with Crippen molar-refractivity contribution >= 4 is 17.5 Å². The highest BCUT2D eigenvalue weighted by Crippen LogP contribution is 2.28. The van der Waals surface area contributed by atoms with Gasteiger partial charge in [0.05, 0.1) is 17.6 Å². The van der Waals surface area contributed by atoms with Gasteiger partial charge in [-0.05, 0) is 39.3 Å². The van der Waals surface area contributed by atoms with Crippen LogP contribution in [0.2, 0.25) is 0 Å². The molecule has 1 atom stereocenters. The second-order valence-corrected chi connectivity index (χ2v) is 6.03. The number of nitrogens with one attached hydrogen (secondary N) is 2. The van der Waals surface area contributed by atoms with Gasteiger partial charge in [-0.2, -0.15) is 0 Å². The number of hydrogen-bond acceptors (Lipinski definition) is 6. The summed E-state index contributed by atoms with van der Waals surface area (Å²) in [6, 6.07) is 4.16. The van der Waals surface area contributed by atoms with E-state index in [4.69, 9.17) is 4.74 Å². The minimum Gasteiger partial charge on any atom is -0.450 e. The van der Waals surface area contributed by atoms with E-state index in [1.165, 1.54) is 18.2 Å². The van der Waals surface area contributed by atoms with Crippen molar-refractivity contribution in [1.29, 1.82) is 0 Å². The third kappa shape index (κ3) is 6.21. The third-order valence-corrected chi connectivity index (χ3v) is 2.94. The molecule has 0 radical (unpaired) electrons. The Labute approximate surface area is 135 Å². The van der Waals surface area contributed by atoms with Crippen molar-refractivity contribution in [3.63, 3.8) is 0 Å². The van der Waals surface area contributed by atoms with E-state index in [0.717, 1.165) is 0 Å². The number of anilines is 1. The highest BCUT2D eigenvalue weighted by Gasteiger charge is 2.20. The van der Waals surface area contributed by atoms with Crippen LogP contribution in [-0.2, 0) is 4.74 Å². The highest BCUT2D eigenvalue weighted by molar-refractivity contribution is 5.87. The quantitative estimate of drug-likeness (QED) is 0.547. The summed E-state index contributed by atoms with van der Waals surface area (Å²) in [7, 11) is 0. The molecule has 0 heterocycles. The van der Waals surface area contributed by atoms with Crippen LogP contribution in [0.1, 0.15) is 39.4 Å². The molecule has 1 amide bonds. The van der Waals surface area contributed by atoms with Crippen LogP contribution >= 0.6 is 0 Å². The fourth-order valence-corrected chi connectivity index (χ4v) is 1.81. The predicted octanol–water partition coefficient (Wildman–Crippen LogP) is 2.58. The summed E-state index contributed by atoms with van der Waals surface area (Å²) in [5.74, 6) is 0. The van der Waals surface area contributed by atoms with Crippen LogP contribution in [0.5, 0.6) is 0 Å². The molecular weight excluding hydrogens is 302 g/mol. The highest BCUT2D eigenvalue weighted by atomic mass is 16.6. The van der Waals surface area contributed by atoms with E-state index in [1.807, 2.05) is 20.8 Å². The minimum atomic E-state index is -0.899. The number of amides is 1. The standard InChI is InChI=1S/C15H23N3O5/c1-5-23-14(20)17-11-7-6-10(8-12(11)18(21)22)13(19)9-16-15(2,3)4/h6-8,13,16,19H,5,9H2,1-4H3,(H,17,20). The number of β-amino-alcohol motifs (C(OH)–C–C–N with tert-alkyl or cyclic N) is 1. The molecule has 0 spiro atoms. The Morgan fingerprint density at radius 3 is 2.61 bits per heavy atom. The molecule has 128 valence electrons. The molecule has 3 N–H and O–H groups in total.